The predicted octanol–water partition coefficient (Wildman–Crippen LogP) is 4.62. The molecule has 5 nitrogen and oxygen atoms in total. The summed E-state index contributed by atoms with van der Waals surface area (Å²) in [5.41, 5.74) is 1.15. The lowest BCUT2D eigenvalue weighted by molar-refractivity contribution is 0.0974. The highest BCUT2D eigenvalue weighted by atomic mass is 79.9. The quantitative estimate of drug-likeness (QED) is 0.646. The highest BCUT2D eigenvalue weighted by Gasteiger charge is 2.14. The Morgan fingerprint density at radius 1 is 1.19 bits per heavy atom. The molecule has 0 aliphatic carbocycles. The summed E-state index contributed by atoms with van der Waals surface area (Å²) in [6.45, 7) is 4.85. The number of halogens is 1. The molecule has 2 aromatic rings. The van der Waals surface area contributed by atoms with Crippen LogP contribution in [0.5, 0.6) is 11.5 Å². The molecule has 0 saturated heterocycles. The average molecular weight is 437 g/mol. The molecule has 2 aromatic carbocycles. The van der Waals surface area contributed by atoms with Crippen LogP contribution in [0.2, 0.25) is 0 Å². The first-order chi connectivity index (χ1) is 12.4. The van der Waals surface area contributed by atoms with Crippen molar-refractivity contribution in [2.75, 3.05) is 19.0 Å². The van der Waals surface area contributed by atoms with Crippen LogP contribution in [-0.4, -0.2) is 24.7 Å². The molecular weight excluding hydrogens is 416 g/mol. The SMILES string of the molecule is COc1ccc(Br)cc1C(=O)NC(=S)Nc1ccc(OCC(C)C)cc1. The number of rotatable bonds is 6. The number of thiocarbonyl (C=S) groups is 1. The van der Waals surface area contributed by atoms with Crippen LogP contribution in [0.25, 0.3) is 0 Å². The standard InChI is InChI=1S/C19H21BrN2O3S/c1-12(2)11-25-15-7-5-14(6-8-15)21-19(26)22-18(23)16-10-13(20)4-9-17(16)24-3/h4-10,12H,11H2,1-3H3,(H2,21,22,23,26). The van der Waals surface area contributed by atoms with Gasteiger partial charge in [-0.15, -0.1) is 0 Å². The van der Waals surface area contributed by atoms with Gasteiger partial charge >= 0.3 is 0 Å². The van der Waals surface area contributed by atoms with Crippen molar-refractivity contribution in [2.45, 2.75) is 13.8 Å². The number of nitrogens with one attached hydrogen (secondary N) is 2. The summed E-state index contributed by atoms with van der Waals surface area (Å²) in [7, 11) is 1.51. The molecule has 26 heavy (non-hydrogen) atoms. The highest BCUT2D eigenvalue weighted by molar-refractivity contribution is 9.10. The van der Waals surface area contributed by atoms with Crippen LogP contribution in [0.3, 0.4) is 0 Å². The van der Waals surface area contributed by atoms with Crippen molar-refractivity contribution in [3.8, 4) is 11.5 Å². The van der Waals surface area contributed by atoms with Gasteiger partial charge in [-0.3, -0.25) is 10.1 Å². The third kappa shape index (κ3) is 6.00. The lowest BCUT2D eigenvalue weighted by Gasteiger charge is -2.13. The van der Waals surface area contributed by atoms with Gasteiger partial charge in [0, 0.05) is 10.2 Å². The van der Waals surface area contributed by atoms with Crippen LogP contribution in [0, 0.1) is 5.92 Å². The maximum absolute atomic E-state index is 12.4. The van der Waals surface area contributed by atoms with Crippen LogP contribution in [0.1, 0.15) is 24.2 Å². The van der Waals surface area contributed by atoms with E-state index in [1.807, 2.05) is 24.3 Å². The molecule has 0 radical (unpaired) electrons. The smallest absolute Gasteiger partial charge is 0.261 e. The molecule has 0 heterocycles. The molecule has 2 N–H and O–H groups in total. The van der Waals surface area contributed by atoms with Crippen molar-refractivity contribution in [1.29, 1.82) is 0 Å². The Morgan fingerprint density at radius 3 is 2.50 bits per heavy atom. The molecule has 0 aromatic heterocycles. The Balaban J connectivity index is 1.96. The molecule has 138 valence electrons. The molecule has 0 fully saturated rings. The van der Waals surface area contributed by atoms with Crippen LogP contribution in [0.4, 0.5) is 5.69 Å². The summed E-state index contributed by atoms with van der Waals surface area (Å²) in [6, 6.07) is 12.6. The number of hydrogen-bond acceptors (Lipinski definition) is 4. The molecular formula is C19H21BrN2O3S. The van der Waals surface area contributed by atoms with Gasteiger partial charge in [-0.2, -0.15) is 0 Å². The van der Waals surface area contributed by atoms with Crippen molar-refractivity contribution >= 4 is 44.9 Å². The number of anilines is 1. The van der Waals surface area contributed by atoms with E-state index in [9.17, 15) is 4.79 Å². The largest absolute Gasteiger partial charge is 0.496 e. The first-order valence-corrected chi connectivity index (χ1v) is 9.28. The van der Waals surface area contributed by atoms with Gasteiger partial charge in [0.05, 0.1) is 19.3 Å². The zero-order valence-electron chi connectivity index (χ0n) is 14.8. The first-order valence-electron chi connectivity index (χ1n) is 8.07. The number of carbonyl (C=O) groups excluding carboxylic acids is 1. The fourth-order valence-electron chi connectivity index (χ4n) is 2.09. The van der Waals surface area contributed by atoms with Gasteiger partial charge in [-0.05, 0) is 60.6 Å². The van der Waals surface area contributed by atoms with Gasteiger partial charge < -0.3 is 14.8 Å². The van der Waals surface area contributed by atoms with E-state index in [1.165, 1.54) is 7.11 Å². The predicted molar refractivity (Wildman–Crippen MR) is 111 cm³/mol. The Kier molecular flexibility index (Phi) is 7.41. The normalized spacial score (nSPS) is 10.3. The Bertz CT molecular complexity index is 779. The summed E-state index contributed by atoms with van der Waals surface area (Å²) < 4.78 is 11.6. The lowest BCUT2D eigenvalue weighted by atomic mass is 10.2. The van der Waals surface area contributed by atoms with Crippen molar-refractivity contribution in [2.24, 2.45) is 5.92 Å². The first kappa shape index (κ1) is 20.2. The summed E-state index contributed by atoms with van der Waals surface area (Å²) in [5.74, 6) is 1.38. The summed E-state index contributed by atoms with van der Waals surface area (Å²) in [6.07, 6.45) is 0. The van der Waals surface area contributed by atoms with Gasteiger partial charge in [0.2, 0.25) is 0 Å². The van der Waals surface area contributed by atoms with E-state index < -0.39 is 0 Å². The van der Waals surface area contributed by atoms with Crippen molar-refractivity contribution in [1.82, 2.24) is 5.32 Å². The molecule has 0 aliphatic rings. The number of hydrogen-bond donors (Lipinski definition) is 2. The molecule has 1 amide bonds. The van der Waals surface area contributed by atoms with Crippen LogP contribution >= 0.6 is 28.1 Å². The van der Waals surface area contributed by atoms with E-state index >= 15 is 0 Å². The number of ether oxygens (including phenoxy) is 2. The van der Waals surface area contributed by atoms with E-state index in [-0.39, 0.29) is 11.0 Å². The summed E-state index contributed by atoms with van der Waals surface area (Å²) in [4.78, 5) is 12.4. The summed E-state index contributed by atoms with van der Waals surface area (Å²) in [5, 5.41) is 5.83. The molecule has 0 bridgehead atoms. The zero-order valence-corrected chi connectivity index (χ0v) is 17.2. The number of methoxy groups -OCH3 is 1. The van der Waals surface area contributed by atoms with Crippen molar-refractivity contribution in [3.63, 3.8) is 0 Å². The monoisotopic (exact) mass is 436 g/mol. The van der Waals surface area contributed by atoms with Gasteiger partial charge in [-0.25, -0.2) is 0 Å². The van der Waals surface area contributed by atoms with Gasteiger partial charge in [-0.1, -0.05) is 29.8 Å². The fourth-order valence-corrected chi connectivity index (χ4v) is 2.66. The van der Waals surface area contributed by atoms with Gasteiger partial charge in [0.25, 0.3) is 5.91 Å². The second-order valence-corrected chi connectivity index (χ2v) is 7.31. The molecule has 0 saturated carbocycles. The minimum absolute atomic E-state index is 0.202. The third-order valence-corrected chi connectivity index (χ3v) is 4.03. The maximum atomic E-state index is 12.4. The zero-order chi connectivity index (χ0) is 19.1. The van der Waals surface area contributed by atoms with Gasteiger partial charge in [0.1, 0.15) is 11.5 Å². The van der Waals surface area contributed by atoms with Gasteiger partial charge in [0.15, 0.2) is 5.11 Å². The Hall–Kier alpha value is -2.12. The average Bonchev–Trinajstić information content (AvgIpc) is 2.60. The fraction of sp³-hybridized carbons (Fsp3) is 0.263. The van der Waals surface area contributed by atoms with Crippen LogP contribution < -0.4 is 20.1 Å². The second kappa shape index (κ2) is 9.54. The van der Waals surface area contributed by atoms with E-state index in [4.69, 9.17) is 21.7 Å². The lowest BCUT2D eigenvalue weighted by Crippen LogP contribution is -2.34. The van der Waals surface area contributed by atoms with Crippen LogP contribution in [-0.2, 0) is 0 Å². The van der Waals surface area contributed by atoms with Crippen molar-refractivity contribution < 1.29 is 14.3 Å². The topological polar surface area (TPSA) is 59.6 Å². The minimum atomic E-state index is -0.350. The Morgan fingerprint density at radius 2 is 1.88 bits per heavy atom. The number of carbonyl (C=O) groups is 1. The molecule has 0 aliphatic heterocycles. The van der Waals surface area contributed by atoms with E-state index in [0.29, 0.717) is 23.8 Å². The van der Waals surface area contributed by atoms with E-state index in [1.54, 1.807) is 18.2 Å². The number of amides is 1. The Labute approximate surface area is 167 Å². The van der Waals surface area contributed by atoms with E-state index in [0.717, 1.165) is 15.9 Å². The molecule has 0 unspecified atom stereocenters. The molecule has 7 heteroatoms. The molecule has 0 spiro atoms. The second-order valence-electron chi connectivity index (χ2n) is 5.98. The number of benzene rings is 2. The summed E-state index contributed by atoms with van der Waals surface area (Å²) >= 11 is 8.56. The molecule has 0 atom stereocenters. The minimum Gasteiger partial charge on any atom is -0.496 e. The highest BCUT2D eigenvalue weighted by Crippen LogP contribution is 2.23. The third-order valence-electron chi connectivity index (χ3n) is 3.33. The van der Waals surface area contributed by atoms with E-state index in [2.05, 4.69) is 40.4 Å². The van der Waals surface area contributed by atoms with Crippen LogP contribution in [0.15, 0.2) is 46.9 Å². The molecule has 2 rings (SSSR count). The van der Waals surface area contributed by atoms with Crippen molar-refractivity contribution in [3.05, 3.63) is 52.5 Å². The maximum Gasteiger partial charge on any atom is 0.261 e.